The van der Waals surface area contributed by atoms with Gasteiger partial charge >= 0.3 is 0 Å². The van der Waals surface area contributed by atoms with Gasteiger partial charge in [-0.1, -0.05) is 37.3 Å². The highest BCUT2D eigenvalue weighted by Gasteiger charge is 2.11. The van der Waals surface area contributed by atoms with Gasteiger partial charge in [0, 0.05) is 13.2 Å². The Bertz CT molecular complexity index is 312. The summed E-state index contributed by atoms with van der Waals surface area (Å²) >= 11 is 0. The lowest BCUT2D eigenvalue weighted by Crippen LogP contribution is -2.33. The Morgan fingerprint density at radius 3 is 2.58 bits per heavy atom. The summed E-state index contributed by atoms with van der Waals surface area (Å²) in [6.45, 7) is 5.47. The summed E-state index contributed by atoms with van der Waals surface area (Å²) in [5.74, 6) is 0. The molecule has 1 N–H and O–H groups in total. The fourth-order valence-corrected chi connectivity index (χ4v) is 2.35. The van der Waals surface area contributed by atoms with Crippen molar-refractivity contribution >= 4 is 0 Å². The highest BCUT2D eigenvalue weighted by atomic mass is 16.5. The van der Waals surface area contributed by atoms with Crippen LogP contribution < -0.4 is 5.32 Å². The molecule has 1 aromatic carbocycles. The Labute approximate surface area is 118 Å². The number of methoxy groups -OCH3 is 1. The molecular formula is C17H29NO. The molecule has 1 rings (SSSR count). The van der Waals surface area contributed by atoms with Gasteiger partial charge in [0.25, 0.3) is 0 Å². The van der Waals surface area contributed by atoms with Crippen molar-refractivity contribution in [2.45, 2.75) is 58.1 Å². The summed E-state index contributed by atoms with van der Waals surface area (Å²) in [6.07, 6.45) is 6.27. The van der Waals surface area contributed by atoms with Gasteiger partial charge in [-0.3, -0.25) is 0 Å². The molecule has 2 heteroatoms. The second-order valence-electron chi connectivity index (χ2n) is 5.31. The number of rotatable bonds is 10. The van der Waals surface area contributed by atoms with E-state index in [1.807, 2.05) is 0 Å². The topological polar surface area (TPSA) is 21.3 Å². The molecule has 0 radical (unpaired) electrons. The van der Waals surface area contributed by atoms with E-state index in [9.17, 15) is 0 Å². The fourth-order valence-electron chi connectivity index (χ4n) is 2.35. The molecule has 0 aliphatic carbocycles. The first-order valence-corrected chi connectivity index (χ1v) is 7.56. The molecule has 0 aliphatic rings. The second-order valence-corrected chi connectivity index (χ2v) is 5.31. The number of nitrogens with one attached hydrogen (secondary N) is 1. The second kappa shape index (κ2) is 9.99. The summed E-state index contributed by atoms with van der Waals surface area (Å²) in [6, 6.07) is 11.3. The maximum Gasteiger partial charge on any atom is 0.0558 e. The summed E-state index contributed by atoms with van der Waals surface area (Å²) in [5, 5.41) is 3.64. The quantitative estimate of drug-likeness (QED) is 0.693. The highest BCUT2D eigenvalue weighted by Crippen LogP contribution is 2.11. The summed E-state index contributed by atoms with van der Waals surface area (Å²) < 4.78 is 5.39. The smallest absolute Gasteiger partial charge is 0.0558 e. The molecule has 0 saturated carbocycles. The van der Waals surface area contributed by atoms with Crippen molar-refractivity contribution in [1.82, 2.24) is 5.32 Å². The Kier molecular flexibility index (Phi) is 8.52. The largest absolute Gasteiger partial charge is 0.382 e. The molecular weight excluding hydrogens is 234 g/mol. The Balaban J connectivity index is 2.30. The lowest BCUT2D eigenvalue weighted by atomic mass is 10.0. The van der Waals surface area contributed by atoms with E-state index in [-0.39, 0.29) is 0 Å². The van der Waals surface area contributed by atoms with Gasteiger partial charge in [-0.25, -0.2) is 0 Å². The Hall–Kier alpha value is -0.860. The molecule has 0 amide bonds. The van der Waals surface area contributed by atoms with E-state index in [1.165, 1.54) is 31.2 Å². The van der Waals surface area contributed by atoms with Gasteiger partial charge in [-0.2, -0.15) is 0 Å². The van der Waals surface area contributed by atoms with Gasteiger partial charge in [0.05, 0.1) is 6.10 Å². The van der Waals surface area contributed by atoms with Crippen LogP contribution in [0, 0.1) is 0 Å². The van der Waals surface area contributed by atoms with Gasteiger partial charge in [0.1, 0.15) is 0 Å². The molecule has 2 nitrogen and oxygen atoms in total. The SMILES string of the molecule is CCCNC(CCCc1ccccc1)CC(C)OC. The van der Waals surface area contributed by atoms with Crippen molar-refractivity contribution in [3.05, 3.63) is 35.9 Å². The van der Waals surface area contributed by atoms with Crippen LogP contribution in [0.5, 0.6) is 0 Å². The van der Waals surface area contributed by atoms with Crippen molar-refractivity contribution in [3.63, 3.8) is 0 Å². The molecule has 0 spiro atoms. The van der Waals surface area contributed by atoms with Crippen LogP contribution in [0.4, 0.5) is 0 Å². The van der Waals surface area contributed by atoms with Crippen LogP contribution >= 0.6 is 0 Å². The molecule has 0 fully saturated rings. The zero-order valence-electron chi connectivity index (χ0n) is 12.7. The molecule has 108 valence electrons. The molecule has 0 saturated heterocycles. The number of hydrogen-bond acceptors (Lipinski definition) is 2. The maximum absolute atomic E-state index is 5.39. The van der Waals surface area contributed by atoms with Crippen molar-refractivity contribution < 1.29 is 4.74 Å². The molecule has 19 heavy (non-hydrogen) atoms. The van der Waals surface area contributed by atoms with E-state index in [2.05, 4.69) is 49.5 Å². The number of hydrogen-bond donors (Lipinski definition) is 1. The van der Waals surface area contributed by atoms with Gasteiger partial charge in [0.15, 0.2) is 0 Å². The molecule has 0 bridgehead atoms. The third kappa shape index (κ3) is 7.34. The number of benzene rings is 1. The normalized spacial score (nSPS) is 14.3. The van der Waals surface area contributed by atoms with Crippen LogP contribution in [-0.4, -0.2) is 25.8 Å². The summed E-state index contributed by atoms with van der Waals surface area (Å²) in [4.78, 5) is 0. The van der Waals surface area contributed by atoms with E-state index in [1.54, 1.807) is 7.11 Å². The highest BCUT2D eigenvalue weighted by molar-refractivity contribution is 5.14. The average molecular weight is 263 g/mol. The Morgan fingerprint density at radius 1 is 1.21 bits per heavy atom. The van der Waals surface area contributed by atoms with Gasteiger partial charge in [-0.05, 0) is 51.1 Å². The fraction of sp³-hybridized carbons (Fsp3) is 0.647. The monoisotopic (exact) mass is 263 g/mol. The van der Waals surface area contributed by atoms with Crippen LogP contribution in [0.1, 0.15) is 45.1 Å². The number of ether oxygens (including phenoxy) is 1. The first kappa shape index (κ1) is 16.2. The zero-order chi connectivity index (χ0) is 13.9. The summed E-state index contributed by atoms with van der Waals surface area (Å²) in [5.41, 5.74) is 1.44. The third-order valence-electron chi connectivity index (χ3n) is 3.56. The van der Waals surface area contributed by atoms with Crippen LogP contribution in [0.15, 0.2) is 30.3 Å². The predicted octanol–water partition coefficient (Wildman–Crippen LogP) is 3.80. The van der Waals surface area contributed by atoms with Gasteiger partial charge < -0.3 is 10.1 Å². The standard InChI is InChI=1S/C17H29NO/c1-4-13-18-17(14-15(2)19-3)12-8-11-16-9-6-5-7-10-16/h5-7,9-10,15,17-18H,4,8,11-14H2,1-3H3. The van der Waals surface area contributed by atoms with Crippen molar-refractivity contribution in [3.8, 4) is 0 Å². The van der Waals surface area contributed by atoms with E-state index >= 15 is 0 Å². The van der Waals surface area contributed by atoms with Crippen LogP contribution in [0.2, 0.25) is 0 Å². The summed E-state index contributed by atoms with van der Waals surface area (Å²) in [7, 11) is 1.80. The van der Waals surface area contributed by atoms with Gasteiger partial charge in [-0.15, -0.1) is 0 Å². The van der Waals surface area contributed by atoms with Gasteiger partial charge in [0.2, 0.25) is 0 Å². The maximum atomic E-state index is 5.39. The third-order valence-corrected chi connectivity index (χ3v) is 3.56. The molecule has 0 aliphatic heterocycles. The van der Waals surface area contributed by atoms with Crippen LogP contribution in [0.25, 0.3) is 0 Å². The minimum absolute atomic E-state index is 0.339. The van der Waals surface area contributed by atoms with Crippen molar-refractivity contribution in [1.29, 1.82) is 0 Å². The van der Waals surface area contributed by atoms with Crippen LogP contribution in [0.3, 0.4) is 0 Å². The first-order valence-electron chi connectivity index (χ1n) is 7.56. The first-order chi connectivity index (χ1) is 9.26. The van der Waals surface area contributed by atoms with Crippen molar-refractivity contribution in [2.24, 2.45) is 0 Å². The number of aryl methyl sites for hydroxylation is 1. The molecule has 0 aromatic heterocycles. The van der Waals surface area contributed by atoms with E-state index in [0.29, 0.717) is 12.1 Å². The molecule has 1 aromatic rings. The molecule has 0 heterocycles. The average Bonchev–Trinajstić information content (AvgIpc) is 2.45. The predicted molar refractivity (Wildman–Crippen MR) is 82.5 cm³/mol. The zero-order valence-corrected chi connectivity index (χ0v) is 12.7. The van der Waals surface area contributed by atoms with Crippen LogP contribution in [-0.2, 0) is 11.2 Å². The lowest BCUT2D eigenvalue weighted by Gasteiger charge is -2.21. The van der Waals surface area contributed by atoms with Crippen molar-refractivity contribution in [2.75, 3.05) is 13.7 Å². The molecule has 2 unspecified atom stereocenters. The van der Waals surface area contributed by atoms with E-state index in [4.69, 9.17) is 4.74 Å². The Morgan fingerprint density at radius 2 is 1.95 bits per heavy atom. The minimum atomic E-state index is 0.339. The van der Waals surface area contributed by atoms with E-state index < -0.39 is 0 Å². The lowest BCUT2D eigenvalue weighted by molar-refractivity contribution is 0.0990. The van der Waals surface area contributed by atoms with E-state index in [0.717, 1.165) is 13.0 Å². The minimum Gasteiger partial charge on any atom is -0.382 e. The molecule has 2 atom stereocenters.